The minimum atomic E-state index is -1.11. The third kappa shape index (κ3) is 3.89. The molecule has 1 aromatic carbocycles. The number of rotatable bonds is 5. The Morgan fingerprint density at radius 3 is 2.87 bits per heavy atom. The zero-order valence-corrected chi connectivity index (χ0v) is 13.9. The van der Waals surface area contributed by atoms with Crippen molar-refractivity contribution in [3.8, 4) is 11.8 Å². The van der Waals surface area contributed by atoms with Crippen molar-refractivity contribution >= 4 is 17.5 Å². The molecule has 0 spiro atoms. The molecule has 1 amide bonds. The molecule has 1 aromatic heterocycles. The van der Waals surface area contributed by atoms with Gasteiger partial charge in [0.15, 0.2) is 5.69 Å². The highest BCUT2D eigenvalue weighted by atomic mass is 35.5. The van der Waals surface area contributed by atoms with Crippen LogP contribution in [0.3, 0.4) is 0 Å². The molecule has 23 heavy (non-hydrogen) atoms. The number of benzene rings is 1. The van der Waals surface area contributed by atoms with Crippen LogP contribution < -0.4 is 5.32 Å². The predicted octanol–water partition coefficient (Wildman–Crippen LogP) is 2.49. The highest BCUT2D eigenvalue weighted by Gasteiger charge is 2.28. The van der Waals surface area contributed by atoms with E-state index in [-0.39, 0.29) is 12.3 Å². The minimum Gasteiger partial charge on any atom is -0.381 e. The molecule has 2 rings (SSSR count). The molecule has 0 saturated heterocycles. The molecule has 0 fully saturated rings. The SMILES string of the molecule is COC[C@@](C)(C#N)NC(=O)c1cc(C)n(-c2cccc(Cl)c2)n1. The lowest BCUT2D eigenvalue weighted by atomic mass is 10.1. The van der Waals surface area contributed by atoms with E-state index in [0.717, 1.165) is 11.4 Å². The maximum absolute atomic E-state index is 12.3. The molecule has 0 aliphatic rings. The highest BCUT2D eigenvalue weighted by Crippen LogP contribution is 2.17. The van der Waals surface area contributed by atoms with Crippen molar-refractivity contribution in [3.63, 3.8) is 0 Å². The zero-order chi connectivity index (χ0) is 17.0. The van der Waals surface area contributed by atoms with Gasteiger partial charge in [0.05, 0.1) is 18.4 Å². The van der Waals surface area contributed by atoms with Crippen LogP contribution in [-0.4, -0.2) is 34.9 Å². The summed E-state index contributed by atoms with van der Waals surface area (Å²) >= 11 is 5.99. The molecule has 120 valence electrons. The summed E-state index contributed by atoms with van der Waals surface area (Å²) < 4.78 is 6.59. The quantitative estimate of drug-likeness (QED) is 0.912. The Hall–Kier alpha value is -2.36. The number of nitriles is 1. The first-order chi connectivity index (χ1) is 10.9. The number of halogens is 1. The van der Waals surface area contributed by atoms with Gasteiger partial charge >= 0.3 is 0 Å². The van der Waals surface area contributed by atoms with Gasteiger partial charge in [-0.1, -0.05) is 17.7 Å². The van der Waals surface area contributed by atoms with Crippen LogP contribution >= 0.6 is 11.6 Å². The van der Waals surface area contributed by atoms with Crippen LogP contribution in [0.15, 0.2) is 30.3 Å². The van der Waals surface area contributed by atoms with Gasteiger partial charge in [-0.05, 0) is 38.1 Å². The number of nitrogens with zero attached hydrogens (tertiary/aromatic N) is 3. The van der Waals surface area contributed by atoms with Gasteiger partial charge in [-0.25, -0.2) is 4.68 Å². The van der Waals surface area contributed by atoms with E-state index in [1.807, 2.05) is 25.1 Å². The Morgan fingerprint density at radius 2 is 2.26 bits per heavy atom. The lowest BCUT2D eigenvalue weighted by Gasteiger charge is -2.21. The average molecular weight is 333 g/mol. The number of carbonyl (C=O) groups excluding carboxylic acids is 1. The van der Waals surface area contributed by atoms with E-state index in [1.165, 1.54) is 7.11 Å². The smallest absolute Gasteiger partial charge is 0.273 e. The number of hydrogen-bond acceptors (Lipinski definition) is 4. The Kier molecular flexibility index (Phi) is 5.04. The van der Waals surface area contributed by atoms with Gasteiger partial charge in [-0.3, -0.25) is 4.79 Å². The van der Waals surface area contributed by atoms with E-state index in [0.29, 0.717) is 5.02 Å². The number of ether oxygens (including phenoxy) is 1. The third-order valence-electron chi connectivity index (χ3n) is 3.24. The fraction of sp³-hybridized carbons (Fsp3) is 0.312. The Labute approximate surface area is 139 Å². The van der Waals surface area contributed by atoms with E-state index in [2.05, 4.69) is 10.4 Å². The Morgan fingerprint density at radius 1 is 1.52 bits per heavy atom. The molecule has 7 heteroatoms. The number of methoxy groups -OCH3 is 1. The van der Waals surface area contributed by atoms with Gasteiger partial charge in [0.25, 0.3) is 5.91 Å². The van der Waals surface area contributed by atoms with Crippen LogP contribution in [-0.2, 0) is 4.74 Å². The monoisotopic (exact) mass is 332 g/mol. The second-order valence-corrected chi connectivity index (χ2v) is 5.83. The van der Waals surface area contributed by atoms with Crippen molar-refractivity contribution in [2.45, 2.75) is 19.4 Å². The molecule has 1 heterocycles. The first kappa shape index (κ1) is 17.0. The standard InChI is InChI=1S/C16H17ClN4O2/c1-11-7-14(15(22)19-16(2,9-18)10-23-3)20-21(11)13-6-4-5-12(17)8-13/h4-8H,10H2,1-3H3,(H,19,22)/t16-/m1/s1. The summed E-state index contributed by atoms with van der Waals surface area (Å²) in [7, 11) is 1.47. The van der Waals surface area contributed by atoms with E-state index in [9.17, 15) is 10.1 Å². The number of hydrogen-bond donors (Lipinski definition) is 1. The van der Waals surface area contributed by atoms with Crippen LogP contribution in [0.5, 0.6) is 0 Å². The van der Waals surface area contributed by atoms with Crippen LogP contribution in [0.4, 0.5) is 0 Å². The van der Waals surface area contributed by atoms with Gasteiger partial charge in [-0.15, -0.1) is 0 Å². The second-order valence-electron chi connectivity index (χ2n) is 5.39. The molecule has 6 nitrogen and oxygen atoms in total. The molecule has 0 aliphatic carbocycles. The van der Waals surface area contributed by atoms with E-state index in [1.54, 1.807) is 29.8 Å². The molecule has 0 radical (unpaired) electrons. The molecule has 0 saturated carbocycles. The van der Waals surface area contributed by atoms with Crippen LogP contribution in [0, 0.1) is 18.3 Å². The van der Waals surface area contributed by atoms with Crippen LogP contribution in [0.1, 0.15) is 23.1 Å². The first-order valence-corrected chi connectivity index (χ1v) is 7.31. The van der Waals surface area contributed by atoms with Gasteiger partial charge in [0, 0.05) is 17.8 Å². The minimum absolute atomic E-state index is 0.0865. The number of aryl methyl sites for hydroxylation is 1. The number of carbonyl (C=O) groups is 1. The first-order valence-electron chi connectivity index (χ1n) is 6.94. The van der Waals surface area contributed by atoms with Gasteiger partial charge in [0.1, 0.15) is 5.54 Å². The molecule has 2 aromatic rings. The summed E-state index contributed by atoms with van der Waals surface area (Å²) in [6.45, 7) is 3.52. The summed E-state index contributed by atoms with van der Waals surface area (Å²) in [5.41, 5.74) is 0.649. The molecule has 0 aliphatic heterocycles. The zero-order valence-electron chi connectivity index (χ0n) is 13.1. The fourth-order valence-electron chi connectivity index (χ4n) is 2.15. The van der Waals surface area contributed by atoms with Crippen LogP contribution in [0.25, 0.3) is 5.69 Å². The summed E-state index contributed by atoms with van der Waals surface area (Å²) in [4.78, 5) is 12.3. The van der Waals surface area contributed by atoms with Crippen LogP contribution in [0.2, 0.25) is 5.02 Å². The van der Waals surface area contributed by atoms with Gasteiger partial charge < -0.3 is 10.1 Å². The van der Waals surface area contributed by atoms with Crippen molar-refractivity contribution < 1.29 is 9.53 Å². The molecule has 1 N–H and O–H groups in total. The number of amides is 1. The van der Waals surface area contributed by atoms with Crippen molar-refractivity contribution in [2.24, 2.45) is 0 Å². The molecule has 0 unspecified atom stereocenters. The molecule has 1 atom stereocenters. The highest BCUT2D eigenvalue weighted by molar-refractivity contribution is 6.30. The Bertz CT molecular complexity index is 766. The van der Waals surface area contributed by atoms with Crippen molar-refractivity contribution in [2.75, 3.05) is 13.7 Å². The maximum atomic E-state index is 12.3. The summed E-state index contributed by atoms with van der Waals surface area (Å²) in [5.74, 6) is -0.435. The van der Waals surface area contributed by atoms with E-state index < -0.39 is 11.4 Å². The van der Waals surface area contributed by atoms with Crippen molar-refractivity contribution in [1.82, 2.24) is 15.1 Å². The van der Waals surface area contributed by atoms with Crippen molar-refractivity contribution in [3.05, 3.63) is 46.7 Å². The lowest BCUT2D eigenvalue weighted by Crippen LogP contribution is -2.48. The van der Waals surface area contributed by atoms with Gasteiger partial charge in [0.2, 0.25) is 0 Å². The Balaban J connectivity index is 2.27. The van der Waals surface area contributed by atoms with E-state index >= 15 is 0 Å². The second kappa shape index (κ2) is 6.82. The average Bonchev–Trinajstić information content (AvgIpc) is 2.89. The number of nitrogens with one attached hydrogen (secondary N) is 1. The molecular formula is C16H17ClN4O2. The fourth-order valence-corrected chi connectivity index (χ4v) is 2.34. The normalized spacial score (nSPS) is 13.2. The largest absolute Gasteiger partial charge is 0.381 e. The molecular weight excluding hydrogens is 316 g/mol. The van der Waals surface area contributed by atoms with Gasteiger partial charge in [-0.2, -0.15) is 10.4 Å². The van der Waals surface area contributed by atoms with E-state index in [4.69, 9.17) is 16.3 Å². The topological polar surface area (TPSA) is 79.9 Å². The van der Waals surface area contributed by atoms with Crippen molar-refractivity contribution in [1.29, 1.82) is 5.26 Å². The predicted molar refractivity (Wildman–Crippen MR) is 86.7 cm³/mol. The summed E-state index contributed by atoms with van der Waals surface area (Å²) in [5, 5.41) is 16.7. The number of aromatic nitrogens is 2. The maximum Gasteiger partial charge on any atom is 0.273 e. The third-order valence-corrected chi connectivity index (χ3v) is 3.48. The summed E-state index contributed by atoms with van der Waals surface area (Å²) in [6.07, 6.45) is 0. The molecule has 0 bridgehead atoms. The lowest BCUT2D eigenvalue weighted by molar-refractivity contribution is 0.0855. The summed E-state index contributed by atoms with van der Waals surface area (Å²) in [6, 6.07) is 10.9.